The van der Waals surface area contributed by atoms with E-state index in [1.165, 1.54) is 4.90 Å². The van der Waals surface area contributed by atoms with Crippen molar-refractivity contribution in [2.75, 3.05) is 20.2 Å². The Bertz CT molecular complexity index is 658. The van der Waals surface area contributed by atoms with Crippen molar-refractivity contribution in [3.05, 3.63) is 40.3 Å². The Labute approximate surface area is 138 Å². The molecule has 2 aromatic rings. The summed E-state index contributed by atoms with van der Waals surface area (Å²) in [5, 5.41) is 9.83. The Hall–Kier alpha value is -1.56. The molecule has 0 aliphatic heterocycles. The fourth-order valence-electron chi connectivity index (χ4n) is 1.92. The van der Waals surface area contributed by atoms with Crippen LogP contribution in [-0.2, 0) is 11.2 Å². The molecule has 0 bridgehead atoms. The van der Waals surface area contributed by atoms with Crippen molar-refractivity contribution in [2.45, 2.75) is 12.8 Å². The molecule has 0 fully saturated rings. The smallest absolute Gasteiger partial charge is 0.222 e. The molecule has 1 aromatic carbocycles. The largest absolute Gasteiger partial charge is 0.441 e. The highest BCUT2D eigenvalue weighted by Gasteiger charge is 2.13. The molecule has 1 N–H and O–H groups in total. The van der Waals surface area contributed by atoms with E-state index in [2.05, 4.69) is 4.98 Å². The standard InChI is InChI=1S/C15H16Cl2N2O3/c1-19(6-7-20)15(21)5-4-14-18-9-13(22-14)11-3-2-10(16)8-12(11)17/h2-3,8-9,20H,4-7H2,1H3. The number of carbonyl (C=O) groups is 1. The van der Waals surface area contributed by atoms with Gasteiger partial charge in [0.1, 0.15) is 0 Å². The van der Waals surface area contributed by atoms with Crippen LogP contribution in [0.2, 0.25) is 10.0 Å². The van der Waals surface area contributed by atoms with Crippen molar-refractivity contribution in [1.29, 1.82) is 0 Å². The zero-order valence-electron chi connectivity index (χ0n) is 12.1. The predicted molar refractivity (Wildman–Crippen MR) is 85.0 cm³/mol. The summed E-state index contributed by atoms with van der Waals surface area (Å²) in [4.78, 5) is 17.4. The van der Waals surface area contributed by atoms with Crippen molar-refractivity contribution < 1.29 is 14.3 Å². The lowest BCUT2D eigenvalue weighted by molar-refractivity contribution is -0.130. The Morgan fingerprint density at radius 1 is 1.41 bits per heavy atom. The lowest BCUT2D eigenvalue weighted by Gasteiger charge is -2.14. The van der Waals surface area contributed by atoms with E-state index in [1.807, 2.05) is 0 Å². The number of nitrogens with zero attached hydrogens (tertiary/aromatic N) is 2. The highest BCUT2D eigenvalue weighted by Crippen LogP contribution is 2.30. The third-order valence-corrected chi connectivity index (χ3v) is 3.71. The zero-order chi connectivity index (χ0) is 16.1. The monoisotopic (exact) mass is 342 g/mol. The SMILES string of the molecule is CN(CCO)C(=O)CCc1ncc(-c2ccc(Cl)cc2Cl)o1. The number of carbonyl (C=O) groups excluding carboxylic acids is 1. The molecule has 22 heavy (non-hydrogen) atoms. The Kier molecular flexibility index (Phi) is 5.83. The maximum atomic E-state index is 11.8. The van der Waals surface area contributed by atoms with Gasteiger partial charge in [-0.05, 0) is 18.2 Å². The fourth-order valence-corrected chi connectivity index (χ4v) is 2.42. The topological polar surface area (TPSA) is 66.6 Å². The molecule has 2 rings (SSSR count). The summed E-state index contributed by atoms with van der Waals surface area (Å²) in [7, 11) is 1.65. The van der Waals surface area contributed by atoms with Gasteiger partial charge in [0.2, 0.25) is 5.91 Å². The highest BCUT2D eigenvalue weighted by atomic mass is 35.5. The average molecular weight is 343 g/mol. The molecule has 0 atom stereocenters. The van der Waals surface area contributed by atoms with Crippen molar-refractivity contribution in [2.24, 2.45) is 0 Å². The number of hydrogen-bond donors (Lipinski definition) is 1. The van der Waals surface area contributed by atoms with Crippen molar-refractivity contribution in [3.63, 3.8) is 0 Å². The minimum Gasteiger partial charge on any atom is -0.441 e. The van der Waals surface area contributed by atoms with Crippen LogP contribution in [0.4, 0.5) is 0 Å². The van der Waals surface area contributed by atoms with Crippen molar-refractivity contribution in [3.8, 4) is 11.3 Å². The second kappa shape index (κ2) is 7.63. The maximum Gasteiger partial charge on any atom is 0.222 e. The molecule has 1 aromatic heterocycles. The van der Waals surface area contributed by atoms with Gasteiger partial charge in [0.15, 0.2) is 11.7 Å². The van der Waals surface area contributed by atoms with Gasteiger partial charge in [-0.25, -0.2) is 4.98 Å². The molecule has 1 heterocycles. The van der Waals surface area contributed by atoms with Gasteiger partial charge in [0.25, 0.3) is 0 Å². The summed E-state index contributed by atoms with van der Waals surface area (Å²) in [6.07, 6.45) is 2.23. The molecule has 0 saturated heterocycles. The van der Waals surface area contributed by atoms with E-state index in [1.54, 1.807) is 31.4 Å². The van der Waals surface area contributed by atoms with Crippen molar-refractivity contribution >= 4 is 29.1 Å². The first-order valence-corrected chi connectivity index (χ1v) is 7.52. The third kappa shape index (κ3) is 4.22. The van der Waals surface area contributed by atoms with Gasteiger partial charge < -0.3 is 14.4 Å². The summed E-state index contributed by atoms with van der Waals surface area (Å²) in [6.45, 7) is 0.260. The second-order valence-electron chi connectivity index (χ2n) is 4.78. The van der Waals surface area contributed by atoms with Crippen molar-refractivity contribution in [1.82, 2.24) is 9.88 Å². The molecule has 0 spiro atoms. The van der Waals surface area contributed by atoms with Crippen LogP contribution in [0.1, 0.15) is 12.3 Å². The first kappa shape index (κ1) is 16.8. The fraction of sp³-hybridized carbons (Fsp3) is 0.333. The minimum absolute atomic E-state index is 0.0551. The van der Waals surface area contributed by atoms with E-state index < -0.39 is 0 Å². The van der Waals surface area contributed by atoms with Crippen LogP contribution in [0.15, 0.2) is 28.8 Å². The molecule has 7 heteroatoms. The molecular weight excluding hydrogens is 327 g/mol. The lowest BCUT2D eigenvalue weighted by atomic mass is 10.2. The van der Waals surface area contributed by atoms with Gasteiger partial charge in [-0.1, -0.05) is 23.2 Å². The van der Waals surface area contributed by atoms with Gasteiger partial charge in [0.05, 0.1) is 17.8 Å². The normalized spacial score (nSPS) is 10.7. The summed E-state index contributed by atoms with van der Waals surface area (Å²) in [5.41, 5.74) is 0.702. The first-order valence-electron chi connectivity index (χ1n) is 6.76. The van der Waals surface area contributed by atoms with Gasteiger partial charge in [-0.2, -0.15) is 0 Å². The third-order valence-electron chi connectivity index (χ3n) is 3.16. The summed E-state index contributed by atoms with van der Waals surface area (Å²) in [5.74, 6) is 0.929. The first-order chi connectivity index (χ1) is 10.5. The van der Waals surface area contributed by atoms with E-state index in [9.17, 15) is 4.79 Å². The minimum atomic E-state index is -0.0710. The molecular formula is C15H16Cl2N2O3. The zero-order valence-corrected chi connectivity index (χ0v) is 13.6. The van der Waals surface area contributed by atoms with E-state index in [0.29, 0.717) is 40.2 Å². The second-order valence-corrected chi connectivity index (χ2v) is 5.62. The maximum absolute atomic E-state index is 11.8. The van der Waals surface area contributed by atoms with Gasteiger partial charge >= 0.3 is 0 Å². The van der Waals surface area contributed by atoms with Crippen LogP contribution in [0.5, 0.6) is 0 Å². The van der Waals surface area contributed by atoms with E-state index in [0.717, 1.165) is 0 Å². The molecule has 118 valence electrons. The Morgan fingerprint density at radius 2 is 2.18 bits per heavy atom. The molecule has 0 radical (unpaired) electrons. The van der Waals surface area contributed by atoms with Crippen LogP contribution < -0.4 is 0 Å². The molecule has 1 amide bonds. The van der Waals surface area contributed by atoms with E-state index in [-0.39, 0.29) is 18.9 Å². The van der Waals surface area contributed by atoms with Gasteiger partial charge in [-0.3, -0.25) is 4.79 Å². The van der Waals surface area contributed by atoms with E-state index in [4.69, 9.17) is 32.7 Å². The number of benzene rings is 1. The number of likely N-dealkylation sites (N-methyl/N-ethyl adjacent to an activating group) is 1. The van der Waals surface area contributed by atoms with E-state index >= 15 is 0 Å². The number of aliphatic hydroxyl groups is 1. The van der Waals surface area contributed by atoms with Crippen LogP contribution in [0.3, 0.4) is 0 Å². The Balaban J connectivity index is 2.01. The molecule has 0 saturated carbocycles. The quantitative estimate of drug-likeness (QED) is 0.876. The number of hydrogen-bond acceptors (Lipinski definition) is 4. The van der Waals surface area contributed by atoms with Crippen LogP contribution in [0.25, 0.3) is 11.3 Å². The van der Waals surface area contributed by atoms with Crippen LogP contribution in [0, 0.1) is 0 Å². The number of aryl methyl sites for hydroxylation is 1. The molecule has 0 unspecified atom stereocenters. The summed E-state index contributed by atoms with van der Waals surface area (Å²) >= 11 is 12.0. The van der Waals surface area contributed by atoms with Crippen LogP contribution >= 0.6 is 23.2 Å². The van der Waals surface area contributed by atoms with Crippen LogP contribution in [-0.4, -0.2) is 41.1 Å². The number of aliphatic hydroxyl groups excluding tert-OH is 1. The summed E-state index contributed by atoms with van der Waals surface area (Å²) < 4.78 is 5.62. The Morgan fingerprint density at radius 3 is 2.86 bits per heavy atom. The number of amides is 1. The van der Waals surface area contributed by atoms with Gasteiger partial charge in [0, 0.05) is 37.0 Å². The number of oxazole rings is 1. The molecule has 0 aliphatic rings. The molecule has 0 aliphatic carbocycles. The average Bonchev–Trinajstić information content (AvgIpc) is 2.93. The highest BCUT2D eigenvalue weighted by molar-refractivity contribution is 6.36. The number of aromatic nitrogens is 1. The summed E-state index contributed by atoms with van der Waals surface area (Å²) in [6, 6.07) is 5.11. The lowest BCUT2D eigenvalue weighted by Crippen LogP contribution is -2.29. The molecule has 5 nitrogen and oxygen atoms in total. The number of rotatable bonds is 6. The number of halogens is 2. The van der Waals surface area contributed by atoms with Gasteiger partial charge in [-0.15, -0.1) is 0 Å². The predicted octanol–water partition coefficient (Wildman–Crippen LogP) is 3.03.